The summed E-state index contributed by atoms with van der Waals surface area (Å²) in [5.41, 5.74) is 1.88. The monoisotopic (exact) mass is 366 g/mol. The van der Waals surface area contributed by atoms with Gasteiger partial charge in [-0.05, 0) is 31.2 Å². The van der Waals surface area contributed by atoms with E-state index in [0.29, 0.717) is 32.1 Å². The fraction of sp³-hybridized carbons (Fsp3) is 0.125. The first-order chi connectivity index (χ1) is 11.0. The Bertz CT molecular complexity index is 866. The number of nitrogens with zero attached hydrogens (tertiary/aromatic N) is 1. The molecule has 0 unspecified atom stereocenters. The number of rotatable bonds is 4. The zero-order valence-electron chi connectivity index (χ0n) is 12.0. The summed E-state index contributed by atoms with van der Waals surface area (Å²) in [4.78, 5) is 16.6. The van der Waals surface area contributed by atoms with Crippen molar-refractivity contribution in [2.45, 2.75) is 17.4 Å². The second-order valence-corrected chi connectivity index (χ2v) is 6.96. The maximum Gasteiger partial charge on any atom is 0.257 e. The Labute approximate surface area is 147 Å². The second-order valence-electron chi connectivity index (χ2n) is 4.82. The number of amides is 1. The van der Waals surface area contributed by atoms with Crippen molar-refractivity contribution < 1.29 is 9.21 Å². The minimum absolute atomic E-state index is 0.177. The van der Waals surface area contributed by atoms with Crippen LogP contribution in [0.25, 0.3) is 11.1 Å². The van der Waals surface area contributed by atoms with Crippen LogP contribution in [-0.4, -0.2) is 16.1 Å². The van der Waals surface area contributed by atoms with Crippen molar-refractivity contribution in [3.63, 3.8) is 0 Å². The molecule has 118 valence electrons. The third-order valence-electron chi connectivity index (χ3n) is 3.11. The van der Waals surface area contributed by atoms with E-state index in [-0.39, 0.29) is 5.91 Å². The number of oxazole rings is 1. The number of aromatic nitrogens is 1. The van der Waals surface area contributed by atoms with Crippen LogP contribution in [0, 0.1) is 0 Å². The average molecular weight is 367 g/mol. The molecule has 0 aliphatic carbocycles. The molecule has 4 nitrogen and oxygen atoms in total. The van der Waals surface area contributed by atoms with Gasteiger partial charge in [-0.25, -0.2) is 4.98 Å². The van der Waals surface area contributed by atoms with E-state index in [2.05, 4.69) is 10.3 Å². The fourth-order valence-corrected chi connectivity index (χ4v) is 3.03. The van der Waals surface area contributed by atoms with Crippen molar-refractivity contribution in [3.8, 4) is 0 Å². The lowest BCUT2D eigenvalue weighted by Gasteiger charge is -2.10. The minimum Gasteiger partial charge on any atom is -0.431 e. The molecule has 7 heteroatoms. The summed E-state index contributed by atoms with van der Waals surface area (Å²) in [5.74, 6) is -0.177. The summed E-state index contributed by atoms with van der Waals surface area (Å²) in [6.45, 7) is 1.78. The number of thioether (sulfide) groups is 1. The van der Waals surface area contributed by atoms with E-state index in [1.807, 2.05) is 6.07 Å². The first-order valence-electron chi connectivity index (χ1n) is 6.81. The lowest BCUT2D eigenvalue weighted by molar-refractivity contribution is -0.115. The molecule has 0 aliphatic rings. The highest BCUT2D eigenvalue weighted by Gasteiger charge is 2.19. The molecule has 1 N–H and O–H groups in total. The third kappa shape index (κ3) is 3.80. The molecule has 1 heterocycles. The van der Waals surface area contributed by atoms with Gasteiger partial charge in [-0.3, -0.25) is 4.79 Å². The number of benzene rings is 2. The molecule has 0 aliphatic heterocycles. The number of carbonyl (C=O) groups is 1. The smallest absolute Gasteiger partial charge is 0.257 e. The van der Waals surface area contributed by atoms with Crippen molar-refractivity contribution in [1.29, 1.82) is 0 Å². The Hall–Kier alpha value is -1.69. The summed E-state index contributed by atoms with van der Waals surface area (Å²) in [6.07, 6.45) is 0. The van der Waals surface area contributed by atoms with E-state index in [4.69, 9.17) is 27.6 Å². The first-order valence-corrected chi connectivity index (χ1v) is 8.44. The van der Waals surface area contributed by atoms with Crippen LogP contribution < -0.4 is 5.32 Å². The van der Waals surface area contributed by atoms with Crippen molar-refractivity contribution in [2.24, 2.45) is 0 Å². The quantitative estimate of drug-likeness (QED) is 0.640. The van der Waals surface area contributed by atoms with Gasteiger partial charge in [0.1, 0.15) is 5.52 Å². The van der Waals surface area contributed by atoms with Gasteiger partial charge >= 0.3 is 0 Å². The average Bonchev–Trinajstić information content (AvgIpc) is 2.90. The van der Waals surface area contributed by atoms with Gasteiger partial charge in [0.25, 0.3) is 5.22 Å². The van der Waals surface area contributed by atoms with Gasteiger partial charge < -0.3 is 9.73 Å². The SMILES string of the molecule is C[C@H](Sc1nc2ccc(Cl)cc2o1)C(=O)Nc1ccccc1Cl. The molecule has 0 saturated heterocycles. The van der Waals surface area contributed by atoms with Crippen LogP contribution in [0.1, 0.15) is 6.92 Å². The maximum absolute atomic E-state index is 12.3. The summed E-state index contributed by atoms with van der Waals surface area (Å²) < 4.78 is 5.60. The number of anilines is 1. The summed E-state index contributed by atoms with van der Waals surface area (Å²) in [7, 11) is 0. The van der Waals surface area contributed by atoms with Crippen molar-refractivity contribution in [3.05, 3.63) is 52.5 Å². The van der Waals surface area contributed by atoms with Gasteiger partial charge in [-0.15, -0.1) is 0 Å². The molecule has 0 radical (unpaired) electrons. The predicted octanol–water partition coefficient (Wildman–Crippen LogP) is 5.25. The minimum atomic E-state index is -0.394. The van der Waals surface area contributed by atoms with Gasteiger partial charge in [0.2, 0.25) is 5.91 Å². The molecule has 0 bridgehead atoms. The van der Waals surface area contributed by atoms with Crippen LogP contribution in [0.15, 0.2) is 52.1 Å². The van der Waals surface area contributed by atoms with Gasteiger partial charge in [0.15, 0.2) is 5.58 Å². The number of halogens is 2. The van der Waals surface area contributed by atoms with E-state index in [0.717, 1.165) is 0 Å². The summed E-state index contributed by atoms with van der Waals surface area (Å²) in [5, 5.41) is 3.89. The van der Waals surface area contributed by atoms with E-state index >= 15 is 0 Å². The zero-order chi connectivity index (χ0) is 16.4. The Morgan fingerprint density at radius 3 is 2.83 bits per heavy atom. The van der Waals surface area contributed by atoms with Crippen LogP contribution in [0.2, 0.25) is 10.0 Å². The Balaban J connectivity index is 1.71. The molecule has 1 amide bonds. The molecule has 1 aromatic heterocycles. The van der Waals surface area contributed by atoms with Gasteiger partial charge in [0, 0.05) is 11.1 Å². The van der Waals surface area contributed by atoms with Gasteiger partial charge in [-0.1, -0.05) is 47.1 Å². The second kappa shape index (κ2) is 6.83. The molecule has 23 heavy (non-hydrogen) atoms. The third-order valence-corrected chi connectivity index (χ3v) is 4.62. The van der Waals surface area contributed by atoms with Crippen molar-refractivity contribution in [1.82, 2.24) is 4.98 Å². The van der Waals surface area contributed by atoms with Crippen molar-refractivity contribution >= 4 is 57.7 Å². The molecule has 1 atom stereocenters. The van der Waals surface area contributed by atoms with Crippen LogP contribution in [0.3, 0.4) is 0 Å². The largest absolute Gasteiger partial charge is 0.431 e. The Morgan fingerprint density at radius 2 is 2.04 bits per heavy atom. The number of nitrogens with one attached hydrogen (secondary N) is 1. The molecule has 0 fully saturated rings. The number of fused-ring (bicyclic) bond motifs is 1. The zero-order valence-corrected chi connectivity index (χ0v) is 14.4. The van der Waals surface area contributed by atoms with Crippen LogP contribution in [-0.2, 0) is 4.79 Å². The first kappa shape index (κ1) is 16.2. The molecule has 3 rings (SSSR count). The maximum atomic E-state index is 12.3. The molecular weight excluding hydrogens is 355 g/mol. The summed E-state index contributed by atoms with van der Waals surface area (Å²) in [6, 6.07) is 12.3. The number of para-hydroxylation sites is 1. The molecular formula is C16H12Cl2N2O2S. The normalized spacial score (nSPS) is 12.3. The molecule has 3 aromatic rings. The molecule has 0 saturated carbocycles. The number of hydrogen-bond donors (Lipinski definition) is 1. The molecule has 0 spiro atoms. The van der Waals surface area contributed by atoms with Gasteiger partial charge in [0.05, 0.1) is 16.0 Å². The van der Waals surface area contributed by atoms with E-state index < -0.39 is 5.25 Å². The highest BCUT2D eigenvalue weighted by atomic mass is 35.5. The number of carbonyl (C=O) groups excluding carboxylic acids is 1. The molecule has 2 aromatic carbocycles. The topological polar surface area (TPSA) is 55.1 Å². The van der Waals surface area contributed by atoms with Crippen molar-refractivity contribution in [2.75, 3.05) is 5.32 Å². The predicted molar refractivity (Wildman–Crippen MR) is 94.4 cm³/mol. The van der Waals surface area contributed by atoms with E-state index in [1.165, 1.54) is 11.8 Å². The highest BCUT2D eigenvalue weighted by Crippen LogP contribution is 2.29. The Kier molecular flexibility index (Phi) is 4.80. The summed E-state index contributed by atoms with van der Waals surface area (Å²) >= 11 is 13.2. The van der Waals surface area contributed by atoms with Crippen LogP contribution in [0.5, 0.6) is 0 Å². The number of hydrogen-bond acceptors (Lipinski definition) is 4. The van der Waals surface area contributed by atoms with Gasteiger partial charge in [-0.2, -0.15) is 0 Å². The van der Waals surface area contributed by atoms with Crippen LogP contribution in [0.4, 0.5) is 5.69 Å². The van der Waals surface area contributed by atoms with E-state index in [9.17, 15) is 4.79 Å². The Morgan fingerprint density at radius 1 is 1.26 bits per heavy atom. The fourth-order valence-electron chi connectivity index (χ4n) is 1.93. The van der Waals surface area contributed by atoms with E-state index in [1.54, 1.807) is 43.3 Å². The lowest BCUT2D eigenvalue weighted by Crippen LogP contribution is -2.22. The lowest BCUT2D eigenvalue weighted by atomic mass is 10.3. The standard InChI is InChI=1S/C16H12Cl2N2O2S/c1-9(15(21)19-12-5-3-2-4-11(12)18)23-16-20-13-7-6-10(17)8-14(13)22-16/h2-9H,1H3,(H,19,21)/t9-/m0/s1. The highest BCUT2D eigenvalue weighted by molar-refractivity contribution is 8.00. The van der Waals surface area contributed by atoms with Crippen LogP contribution >= 0.6 is 35.0 Å².